The van der Waals surface area contributed by atoms with Crippen molar-refractivity contribution in [2.24, 2.45) is 0 Å². The van der Waals surface area contributed by atoms with E-state index in [9.17, 15) is 4.79 Å². The first-order valence-corrected chi connectivity index (χ1v) is 7.25. The highest BCUT2D eigenvalue weighted by Gasteiger charge is 2.06. The van der Waals surface area contributed by atoms with Crippen molar-refractivity contribution in [3.63, 3.8) is 0 Å². The highest BCUT2D eigenvalue weighted by Crippen LogP contribution is 2.11. The van der Waals surface area contributed by atoms with E-state index >= 15 is 0 Å². The number of amides is 1. The van der Waals surface area contributed by atoms with E-state index in [-0.39, 0.29) is 5.91 Å². The van der Waals surface area contributed by atoms with Crippen LogP contribution in [0, 0.1) is 6.92 Å². The molecule has 0 saturated carbocycles. The molecule has 0 aliphatic heterocycles. The minimum atomic E-state index is 0.169. The van der Waals surface area contributed by atoms with Crippen LogP contribution in [0.4, 0.5) is 0 Å². The molecule has 1 amide bonds. The first-order chi connectivity index (χ1) is 8.63. The molecule has 0 unspecified atom stereocenters. The van der Waals surface area contributed by atoms with Gasteiger partial charge in [0.25, 0.3) is 0 Å². The summed E-state index contributed by atoms with van der Waals surface area (Å²) < 4.78 is 5.60. The summed E-state index contributed by atoms with van der Waals surface area (Å²) in [6, 6.07) is 7.99. The van der Waals surface area contributed by atoms with E-state index < -0.39 is 0 Å². The average Bonchev–Trinajstić information content (AvgIpc) is 2.36. The van der Waals surface area contributed by atoms with E-state index in [0.717, 1.165) is 24.0 Å². The maximum absolute atomic E-state index is 11.5. The normalized spacial score (nSPS) is 10.2. The topological polar surface area (TPSA) is 29.5 Å². The summed E-state index contributed by atoms with van der Waals surface area (Å²) >= 11 is 3.26. The second-order valence-electron chi connectivity index (χ2n) is 4.27. The first kappa shape index (κ1) is 15.0. The van der Waals surface area contributed by atoms with Crippen molar-refractivity contribution >= 4 is 21.8 Å². The number of rotatable bonds is 7. The van der Waals surface area contributed by atoms with E-state index in [1.54, 1.807) is 4.90 Å². The van der Waals surface area contributed by atoms with Gasteiger partial charge in [-0.1, -0.05) is 33.6 Å². The van der Waals surface area contributed by atoms with E-state index in [1.165, 1.54) is 5.56 Å². The van der Waals surface area contributed by atoms with Gasteiger partial charge in [0.05, 0.1) is 6.61 Å². The number of alkyl halides is 1. The molecule has 4 heteroatoms. The van der Waals surface area contributed by atoms with Crippen LogP contribution >= 0.6 is 15.9 Å². The third-order valence-corrected chi connectivity index (χ3v) is 3.06. The van der Waals surface area contributed by atoms with Crippen LogP contribution in [0.25, 0.3) is 0 Å². The van der Waals surface area contributed by atoms with Crippen LogP contribution in [0.3, 0.4) is 0 Å². The lowest BCUT2D eigenvalue weighted by molar-refractivity contribution is -0.129. The zero-order valence-electron chi connectivity index (χ0n) is 11.0. The minimum absolute atomic E-state index is 0.169. The quantitative estimate of drug-likeness (QED) is 0.572. The summed E-state index contributed by atoms with van der Waals surface area (Å²) in [5, 5.41) is 0.718. The maximum Gasteiger partial charge on any atom is 0.223 e. The van der Waals surface area contributed by atoms with Crippen LogP contribution in [0.15, 0.2) is 24.3 Å². The fourth-order valence-electron chi connectivity index (χ4n) is 1.52. The van der Waals surface area contributed by atoms with Crippen LogP contribution in [0.5, 0.6) is 5.75 Å². The summed E-state index contributed by atoms with van der Waals surface area (Å²) in [4.78, 5) is 13.2. The Morgan fingerprint density at radius 3 is 2.61 bits per heavy atom. The molecule has 0 aliphatic rings. The van der Waals surface area contributed by atoms with E-state index in [1.807, 2.05) is 38.2 Å². The van der Waals surface area contributed by atoms with Crippen molar-refractivity contribution in [1.29, 1.82) is 0 Å². The lowest BCUT2D eigenvalue weighted by atomic mass is 10.2. The SMILES string of the molecule is Cc1ccc(OCCCN(C)C(=O)CCBr)cc1. The molecule has 0 bridgehead atoms. The maximum atomic E-state index is 11.5. The zero-order chi connectivity index (χ0) is 13.4. The van der Waals surface area contributed by atoms with Crippen LogP contribution in [0.2, 0.25) is 0 Å². The van der Waals surface area contributed by atoms with Gasteiger partial charge in [-0.25, -0.2) is 0 Å². The van der Waals surface area contributed by atoms with Crippen LogP contribution in [-0.4, -0.2) is 36.3 Å². The Balaban J connectivity index is 2.18. The number of aryl methyl sites for hydroxylation is 1. The van der Waals surface area contributed by atoms with E-state index in [2.05, 4.69) is 15.9 Å². The number of ether oxygens (including phenoxy) is 1. The zero-order valence-corrected chi connectivity index (χ0v) is 12.6. The van der Waals surface area contributed by atoms with E-state index in [4.69, 9.17) is 4.74 Å². The van der Waals surface area contributed by atoms with Crippen molar-refractivity contribution in [2.45, 2.75) is 19.8 Å². The molecular weight excluding hydrogens is 294 g/mol. The number of halogens is 1. The van der Waals surface area contributed by atoms with Gasteiger partial charge in [-0.05, 0) is 25.5 Å². The Morgan fingerprint density at radius 1 is 1.33 bits per heavy atom. The van der Waals surface area contributed by atoms with Crippen LogP contribution < -0.4 is 4.74 Å². The van der Waals surface area contributed by atoms with Gasteiger partial charge in [0, 0.05) is 25.3 Å². The third-order valence-electron chi connectivity index (χ3n) is 2.66. The molecule has 1 aromatic carbocycles. The summed E-state index contributed by atoms with van der Waals surface area (Å²) in [6.45, 7) is 3.42. The molecule has 1 rings (SSSR count). The molecule has 1 aromatic rings. The summed E-state index contributed by atoms with van der Waals surface area (Å²) in [7, 11) is 1.83. The number of carbonyl (C=O) groups is 1. The Labute approximate surface area is 117 Å². The second kappa shape index (κ2) is 8.14. The molecule has 100 valence electrons. The molecule has 0 atom stereocenters. The summed E-state index contributed by atoms with van der Waals surface area (Å²) in [6.07, 6.45) is 1.40. The predicted octanol–water partition coefficient (Wildman–Crippen LogP) is 3.01. The van der Waals surface area contributed by atoms with Crippen molar-refractivity contribution in [2.75, 3.05) is 25.5 Å². The average molecular weight is 314 g/mol. The summed E-state index contributed by atoms with van der Waals surface area (Å²) in [5.41, 5.74) is 1.22. The number of hydrogen-bond acceptors (Lipinski definition) is 2. The lowest BCUT2D eigenvalue weighted by Gasteiger charge is -2.16. The molecule has 0 fully saturated rings. The third kappa shape index (κ3) is 5.54. The number of carbonyl (C=O) groups excluding carboxylic acids is 1. The molecule has 0 spiro atoms. The Morgan fingerprint density at radius 2 is 2.00 bits per heavy atom. The highest BCUT2D eigenvalue weighted by atomic mass is 79.9. The Hall–Kier alpha value is -1.03. The molecule has 0 aliphatic carbocycles. The van der Waals surface area contributed by atoms with Gasteiger partial charge >= 0.3 is 0 Å². The van der Waals surface area contributed by atoms with Crippen molar-refractivity contribution in [3.05, 3.63) is 29.8 Å². The molecule has 0 radical (unpaired) electrons. The second-order valence-corrected chi connectivity index (χ2v) is 5.06. The molecule has 18 heavy (non-hydrogen) atoms. The molecule has 3 nitrogen and oxygen atoms in total. The first-order valence-electron chi connectivity index (χ1n) is 6.13. The van der Waals surface area contributed by atoms with Crippen LogP contribution in [-0.2, 0) is 4.79 Å². The number of hydrogen-bond donors (Lipinski definition) is 0. The molecular formula is C14H20BrNO2. The molecule has 0 heterocycles. The standard InChI is InChI=1S/C14H20BrNO2/c1-12-4-6-13(7-5-12)18-11-3-10-16(2)14(17)8-9-15/h4-7H,3,8-11H2,1-2H3. The van der Waals surface area contributed by atoms with Gasteiger partial charge in [0.1, 0.15) is 5.75 Å². The Kier molecular flexibility index (Phi) is 6.80. The number of benzene rings is 1. The Bertz CT molecular complexity index is 365. The lowest BCUT2D eigenvalue weighted by Crippen LogP contribution is -2.28. The minimum Gasteiger partial charge on any atom is -0.494 e. The van der Waals surface area contributed by atoms with Crippen molar-refractivity contribution < 1.29 is 9.53 Å². The van der Waals surface area contributed by atoms with Gasteiger partial charge in [0.2, 0.25) is 5.91 Å². The fourth-order valence-corrected chi connectivity index (χ4v) is 1.86. The van der Waals surface area contributed by atoms with Gasteiger partial charge in [0.15, 0.2) is 0 Å². The van der Waals surface area contributed by atoms with E-state index in [0.29, 0.717) is 13.0 Å². The largest absolute Gasteiger partial charge is 0.494 e. The van der Waals surface area contributed by atoms with Gasteiger partial charge < -0.3 is 9.64 Å². The molecule has 0 N–H and O–H groups in total. The fraction of sp³-hybridized carbons (Fsp3) is 0.500. The van der Waals surface area contributed by atoms with Gasteiger partial charge in [-0.15, -0.1) is 0 Å². The number of nitrogens with zero attached hydrogens (tertiary/aromatic N) is 1. The highest BCUT2D eigenvalue weighted by molar-refractivity contribution is 9.09. The monoisotopic (exact) mass is 313 g/mol. The van der Waals surface area contributed by atoms with Gasteiger partial charge in [-0.3, -0.25) is 4.79 Å². The predicted molar refractivity (Wildman–Crippen MR) is 77.3 cm³/mol. The van der Waals surface area contributed by atoms with Gasteiger partial charge in [-0.2, -0.15) is 0 Å². The van der Waals surface area contributed by atoms with Crippen molar-refractivity contribution in [1.82, 2.24) is 4.90 Å². The van der Waals surface area contributed by atoms with Crippen LogP contribution in [0.1, 0.15) is 18.4 Å². The molecule has 0 aromatic heterocycles. The summed E-state index contributed by atoms with van der Waals surface area (Å²) in [5.74, 6) is 1.05. The molecule has 0 saturated heterocycles. The van der Waals surface area contributed by atoms with Crippen molar-refractivity contribution in [3.8, 4) is 5.75 Å². The smallest absolute Gasteiger partial charge is 0.223 e.